The number of hydrogen-bond donors (Lipinski definition) is 0. The molecule has 7 nitrogen and oxygen atoms in total. The standard InChI is InChI=1S/C21H24N6OS/c1-25-11-13-26(14-12-25)19(28)16-29-21-24-23-20(18-7-9-22-10-8-18)27(21)15-17-5-3-2-4-6-17/h2-10H,11-16H2,1H3. The predicted molar refractivity (Wildman–Crippen MR) is 114 cm³/mol. The normalized spacial score (nSPS) is 14.9. The maximum Gasteiger partial charge on any atom is 0.233 e. The maximum absolute atomic E-state index is 12.6. The molecular formula is C21H24N6OS. The summed E-state index contributed by atoms with van der Waals surface area (Å²) >= 11 is 1.45. The van der Waals surface area contributed by atoms with Gasteiger partial charge in [0, 0.05) is 44.1 Å². The number of hydrogen-bond acceptors (Lipinski definition) is 6. The largest absolute Gasteiger partial charge is 0.339 e. The molecule has 8 heteroatoms. The van der Waals surface area contributed by atoms with Crippen molar-refractivity contribution in [3.63, 3.8) is 0 Å². The second-order valence-corrected chi connectivity index (χ2v) is 8.03. The van der Waals surface area contributed by atoms with Gasteiger partial charge >= 0.3 is 0 Å². The van der Waals surface area contributed by atoms with Crippen molar-refractivity contribution >= 4 is 17.7 Å². The van der Waals surface area contributed by atoms with E-state index in [0.29, 0.717) is 12.3 Å². The quantitative estimate of drug-likeness (QED) is 0.583. The van der Waals surface area contributed by atoms with Crippen LogP contribution in [0.25, 0.3) is 11.4 Å². The first-order chi connectivity index (χ1) is 14.2. The third-order valence-corrected chi connectivity index (χ3v) is 5.97. The van der Waals surface area contributed by atoms with Crippen LogP contribution >= 0.6 is 11.8 Å². The highest BCUT2D eigenvalue weighted by Crippen LogP contribution is 2.25. The van der Waals surface area contributed by atoms with Crippen molar-refractivity contribution in [3.05, 3.63) is 60.4 Å². The van der Waals surface area contributed by atoms with E-state index >= 15 is 0 Å². The lowest BCUT2D eigenvalue weighted by molar-refractivity contribution is -0.129. The number of carbonyl (C=O) groups excluding carboxylic acids is 1. The number of pyridine rings is 1. The number of rotatable bonds is 6. The number of carbonyl (C=O) groups is 1. The van der Waals surface area contributed by atoms with Crippen molar-refractivity contribution in [1.29, 1.82) is 0 Å². The van der Waals surface area contributed by atoms with Gasteiger partial charge < -0.3 is 9.80 Å². The summed E-state index contributed by atoms with van der Waals surface area (Å²) in [5.41, 5.74) is 2.12. The second-order valence-electron chi connectivity index (χ2n) is 7.09. The molecule has 1 amide bonds. The number of nitrogens with zero attached hydrogens (tertiary/aromatic N) is 6. The highest BCUT2D eigenvalue weighted by molar-refractivity contribution is 7.99. The number of piperazine rings is 1. The molecular weight excluding hydrogens is 384 g/mol. The minimum absolute atomic E-state index is 0.155. The van der Waals surface area contributed by atoms with Gasteiger partial charge in [-0.15, -0.1) is 10.2 Å². The van der Waals surface area contributed by atoms with E-state index in [2.05, 4.69) is 43.8 Å². The van der Waals surface area contributed by atoms with Gasteiger partial charge in [0.2, 0.25) is 5.91 Å². The Morgan fingerprint density at radius 3 is 2.45 bits per heavy atom. The molecule has 4 rings (SSSR count). The maximum atomic E-state index is 12.6. The van der Waals surface area contributed by atoms with Gasteiger partial charge in [0.15, 0.2) is 11.0 Å². The zero-order chi connectivity index (χ0) is 20.1. The molecule has 3 aromatic rings. The Hall–Kier alpha value is -2.71. The summed E-state index contributed by atoms with van der Waals surface area (Å²) in [6, 6.07) is 14.1. The van der Waals surface area contributed by atoms with Crippen molar-refractivity contribution in [1.82, 2.24) is 29.5 Å². The molecule has 29 heavy (non-hydrogen) atoms. The Kier molecular flexibility index (Phi) is 6.21. The summed E-state index contributed by atoms with van der Waals surface area (Å²) in [5, 5.41) is 9.56. The van der Waals surface area contributed by atoms with Gasteiger partial charge in [0.05, 0.1) is 12.3 Å². The Morgan fingerprint density at radius 1 is 1.00 bits per heavy atom. The van der Waals surface area contributed by atoms with Crippen LogP contribution in [0.1, 0.15) is 5.56 Å². The minimum atomic E-state index is 0.155. The average Bonchev–Trinajstić information content (AvgIpc) is 3.16. The van der Waals surface area contributed by atoms with Gasteiger partial charge in [-0.1, -0.05) is 42.1 Å². The summed E-state index contributed by atoms with van der Waals surface area (Å²) in [6.07, 6.45) is 3.50. The van der Waals surface area contributed by atoms with Crippen LogP contribution in [0, 0.1) is 0 Å². The molecule has 0 N–H and O–H groups in total. The molecule has 1 aliphatic rings. The fourth-order valence-corrected chi connectivity index (χ4v) is 4.13. The number of benzene rings is 1. The van der Waals surface area contributed by atoms with Gasteiger partial charge in [-0.2, -0.15) is 0 Å². The van der Waals surface area contributed by atoms with E-state index in [9.17, 15) is 4.79 Å². The van der Waals surface area contributed by atoms with Crippen LogP contribution in [-0.2, 0) is 11.3 Å². The van der Waals surface area contributed by atoms with Crippen LogP contribution in [0.2, 0.25) is 0 Å². The highest BCUT2D eigenvalue weighted by Gasteiger charge is 2.21. The van der Waals surface area contributed by atoms with E-state index in [4.69, 9.17) is 0 Å². The van der Waals surface area contributed by atoms with Crippen molar-refractivity contribution in [2.45, 2.75) is 11.7 Å². The van der Waals surface area contributed by atoms with Gasteiger partial charge in [-0.25, -0.2) is 0 Å². The first kappa shape index (κ1) is 19.6. The number of thioether (sulfide) groups is 1. The predicted octanol–water partition coefficient (Wildman–Crippen LogP) is 2.25. The monoisotopic (exact) mass is 408 g/mol. The Bertz CT molecular complexity index is 938. The highest BCUT2D eigenvalue weighted by atomic mass is 32.2. The molecule has 0 aliphatic carbocycles. The summed E-state index contributed by atoms with van der Waals surface area (Å²) < 4.78 is 2.08. The average molecular weight is 409 g/mol. The van der Waals surface area contributed by atoms with E-state index in [-0.39, 0.29) is 5.91 Å². The Labute approximate surface area is 174 Å². The fraction of sp³-hybridized carbons (Fsp3) is 0.333. The van der Waals surface area contributed by atoms with E-state index in [1.807, 2.05) is 35.2 Å². The van der Waals surface area contributed by atoms with E-state index < -0.39 is 0 Å². The van der Waals surface area contributed by atoms with Crippen molar-refractivity contribution in [3.8, 4) is 11.4 Å². The minimum Gasteiger partial charge on any atom is -0.339 e. The van der Waals surface area contributed by atoms with Crippen LogP contribution in [-0.4, -0.2) is 74.4 Å². The summed E-state index contributed by atoms with van der Waals surface area (Å²) in [7, 11) is 2.09. The third kappa shape index (κ3) is 4.83. The van der Waals surface area contributed by atoms with Crippen LogP contribution < -0.4 is 0 Å². The van der Waals surface area contributed by atoms with Crippen molar-refractivity contribution < 1.29 is 4.79 Å². The molecule has 1 aliphatic heterocycles. The molecule has 150 valence electrons. The lowest BCUT2D eigenvalue weighted by Crippen LogP contribution is -2.47. The van der Waals surface area contributed by atoms with Gasteiger partial charge in [-0.05, 0) is 24.7 Å². The molecule has 0 bridgehead atoms. The molecule has 1 aromatic carbocycles. The summed E-state index contributed by atoms with van der Waals surface area (Å²) in [5.74, 6) is 1.31. The number of amides is 1. The van der Waals surface area contributed by atoms with Gasteiger partial charge in [0.1, 0.15) is 0 Å². The zero-order valence-electron chi connectivity index (χ0n) is 16.4. The molecule has 0 spiro atoms. The molecule has 0 saturated carbocycles. The van der Waals surface area contributed by atoms with Crippen LogP contribution in [0.5, 0.6) is 0 Å². The SMILES string of the molecule is CN1CCN(C(=O)CSc2nnc(-c3ccncc3)n2Cc2ccccc2)CC1. The fourth-order valence-electron chi connectivity index (χ4n) is 3.29. The first-order valence-electron chi connectivity index (χ1n) is 9.67. The Balaban J connectivity index is 1.53. The lowest BCUT2D eigenvalue weighted by Gasteiger charge is -2.32. The van der Waals surface area contributed by atoms with E-state index in [1.165, 1.54) is 11.8 Å². The molecule has 1 saturated heterocycles. The first-order valence-corrected chi connectivity index (χ1v) is 10.7. The number of likely N-dealkylation sites (N-methyl/N-ethyl adjacent to an activating group) is 1. The lowest BCUT2D eigenvalue weighted by atomic mass is 10.2. The Morgan fingerprint density at radius 2 is 1.72 bits per heavy atom. The summed E-state index contributed by atoms with van der Waals surface area (Å²) in [6.45, 7) is 4.07. The molecule has 1 fully saturated rings. The van der Waals surface area contributed by atoms with E-state index in [1.54, 1.807) is 12.4 Å². The van der Waals surface area contributed by atoms with Crippen LogP contribution in [0.15, 0.2) is 60.0 Å². The second kappa shape index (κ2) is 9.19. The van der Waals surface area contributed by atoms with Crippen LogP contribution in [0.4, 0.5) is 0 Å². The third-order valence-electron chi connectivity index (χ3n) is 5.02. The molecule has 2 aromatic heterocycles. The molecule has 3 heterocycles. The molecule has 0 atom stereocenters. The zero-order valence-corrected chi connectivity index (χ0v) is 17.3. The molecule has 0 unspecified atom stereocenters. The number of aromatic nitrogens is 4. The van der Waals surface area contributed by atoms with Crippen LogP contribution in [0.3, 0.4) is 0 Å². The van der Waals surface area contributed by atoms with Gasteiger partial charge in [-0.3, -0.25) is 14.3 Å². The van der Waals surface area contributed by atoms with E-state index in [0.717, 1.165) is 48.3 Å². The smallest absolute Gasteiger partial charge is 0.233 e. The molecule has 0 radical (unpaired) electrons. The topological polar surface area (TPSA) is 67.2 Å². The van der Waals surface area contributed by atoms with Crippen molar-refractivity contribution in [2.24, 2.45) is 0 Å². The van der Waals surface area contributed by atoms with Crippen molar-refractivity contribution in [2.75, 3.05) is 39.0 Å². The summed E-state index contributed by atoms with van der Waals surface area (Å²) in [4.78, 5) is 20.9. The van der Waals surface area contributed by atoms with Gasteiger partial charge in [0.25, 0.3) is 0 Å².